The second-order valence-electron chi connectivity index (χ2n) is 6.21. The number of carbonyl (C=O) groups excluding carboxylic acids is 1. The Kier molecular flexibility index (Phi) is 6.99. The monoisotopic (exact) mass is 365 g/mol. The molecule has 1 aliphatic rings. The molecule has 138 valence electrons. The van der Waals surface area contributed by atoms with Gasteiger partial charge in [-0.1, -0.05) is 6.07 Å². The minimum atomic E-state index is -0.406. The smallest absolute Gasteiger partial charge is 0.341 e. The molecular weight excluding hydrogens is 338 g/mol. The van der Waals surface area contributed by atoms with Crippen molar-refractivity contribution in [3.8, 4) is 5.75 Å². The summed E-state index contributed by atoms with van der Waals surface area (Å²) in [6.45, 7) is 3.77. The van der Waals surface area contributed by atoms with Crippen LogP contribution < -0.4 is 15.4 Å². The molecule has 0 aromatic heterocycles. The van der Waals surface area contributed by atoms with Crippen LogP contribution in [-0.4, -0.2) is 50.2 Å². The number of methoxy groups -OCH3 is 2. The molecule has 1 atom stereocenters. The molecule has 0 bridgehead atoms. The Balaban J connectivity index is 1.93. The lowest BCUT2D eigenvalue weighted by molar-refractivity contribution is 0.0597. The number of carbonyl (C=O) groups is 1. The van der Waals surface area contributed by atoms with Gasteiger partial charge in [-0.3, -0.25) is 4.99 Å². The average molecular weight is 365 g/mol. The van der Waals surface area contributed by atoms with Crippen LogP contribution in [0.25, 0.3) is 0 Å². The predicted molar refractivity (Wildman–Crippen MR) is 103 cm³/mol. The van der Waals surface area contributed by atoms with Gasteiger partial charge in [0.15, 0.2) is 5.96 Å². The fraction of sp³-hybridized carbons (Fsp3) is 0.556. The summed E-state index contributed by atoms with van der Waals surface area (Å²) in [6, 6.07) is 5.43. The Morgan fingerprint density at radius 1 is 1.36 bits per heavy atom. The molecule has 6 nitrogen and oxygen atoms in total. The predicted octanol–water partition coefficient (Wildman–Crippen LogP) is 2.43. The van der Waals surface area contributed by atoms with Crippen LogP contribution in [0.1, 0.15) is 35.7 Å². The van der Waals surface area contributed by atoms with Gasteiger partial charge in [0.05, 0.1) is 14.2 Å². The van der Waals surface area contributed by atoms with E-state index in [1.807, 2.05) is 23.9 Å². The maximum Gasteiger partial charge on any atom is 0.341 e. The molecule has 0 amide bonds. The van der Waals surface area contributed by atoms with Crippen molar-refractivity contribution >= 4 is 23.7 Å². The molecule has 1 saturated heterocycles. The van der Waals surface area contributed by atoms with Crippen LogP contribution in [0.4, 0.5) is 0 Å². The summed E-state index contributed by atoms with van der Waals surface area (Å²) in [5.41, 5.74) is 1.41. The second-order valence-corrected chi connectivity index (χ2v) is 7.89. The molecular formula is C18H27N3O3S. The average Bonchev–Trinajstić information content (AvgIpc) is 3.07. The zero-order valence-electron chi connectivity index (χ0n) is 15.3. The highest BCUT2D eigenvalue weighted by atomic mass is 32.2. The first-order chi connectivity index (χ1) is 12.0. The molecule has 1 aliphatic heterocycles. The number of thioether (sulfide) groups is 1. The van der Waals surface area contributed by atoms with Crippen molar-refractivity contribution in [1.29, 1.82) is 0 Å². The first-order valence-corrected chi connectivity index (χ1v) is 9.33. The SMILES string of the molecule is CN=C(NCc1ccc(C(=O)OC)c(OC)c1)NCC1(C)CCCS1. The fourth-order valence-corrected chi connectivity index (χ4v) is 4.02. The van der Waals surface area contributed by atoms with Crippen LogP contribution in [0.3, 0.4) is 0 Å². The minimum Gasteiger partial charge on any atom is -0.496 e. The fourth-order valence-electron chi connectivity index (χ4n) is 2.78. The highest BCUT2D eigenvalue weighted by Crippen LogP contribution is 2.36. The van der Waals surface area contributed by atoms with E-state index in [4.69, 9.17) is 9.47 Å². The largest absolute Gasteiger partial charge is 0.496 e. The van der Waals surface area contributed by atoms with Gasteiger partial charge < -0.3 is 20.1 Å². The van der Waals surface area contributed by atoms with E-state index in [1.165, 1.54) is 25.7 Å². The molecule has 1 aromatic carbocycles. The van der Waals surface area contributed by atoms with Crippen molar-refractivity contribution in [3.05, 3.63) is 29.3 Å². The summed E-state index contributed by atoms with van der Waals surface area (Å²) in [5.74, 6) is 2.10. The number of nitrogens with one attached hydrogen (secondary N) is 2. The summed E-state index contributed by atoms with van der Waals surface area (Å²) in [6.07, 6.45) is 2.51. The first-order valence-electron chi connectivity index (χ1n) is 8.35. The van der Waals surface area contributed by atoms with Crippen LogP contribution in [0, 0.1) is 0 Å². The van der Waals surface area contributed by atoms with Gasteiger partial charge in [0.1, 0.15) is 11.3 Å². The molecule has 1 aromatic rings. The number of hydrogen-bond donors (Lipinski definition) is 2. The first kappa shape index (κ1) is 19.4. The molecule has 2 N–H and O–H groups in total. The number of aliphatic imine (C=N–C) groups is 1. The molecule has 0 saturated carbocycles. The summed E-state index contributed by atoms with van der Waals surface area (Å²) in [5, 5.41) is 6.70. The van der Waals surface area contributed by atoms with Crippen molar-refractivity contribution in [2.24, 2.45) is 4.99 Å². The van der Waals surface area contributed by atoms with E-state index in [-0.39, 0.29) is 4.75 Å². The van der Waals surface area contributed by atoms with E-state index in [1.54, 1.807) is 20.2 Å². The number of guanidine groups is 1. The van der Waals surface area contributed by atoms with E-state index in [2.05, 4.69) is 22.5 Å². The number of esters is 1. The number of rotatable bonds is 6. The summed E-state index contributed by atoms with van der Waals surface area (Å²) in [4.78, 5) is 16.0. The molecule has 2 rings (SSSR count). The molecule has 0 radical (unpaired) electrons. The van der Waals surface area contributed by atoms with Gasteiger partial charge in [-0.25, -0.2) is 4.79 Å². The maximum absolute atomic E-state index is 11.7. The standard InChI is InChI=1S/C18H27N3O3S/c1-18(8-5-9-25-18)12-21-17(19-2)20-11-13-6-7-14(16(22)24-4)15(10-13)23-3/h6-7,10H,5,8-9,11-12H2,1-4H3,(H2,19,20,21). The molecule has 1 unspecified atom stereocenters. The number of hydrogen-bond acceptors (Lipinski definition) is 5. The lowest BCUT2D eigenvalue weighted by Gasteiger charge is -2.24. The van der Waals surface area contributed by atoms with Crippen LogP contribution in [0.5, 0.6) is 5.75 Å². The van der Waals surface area contributed by atoms with Crippen molar-refractivity contribution in [1.82, 2.24) is 10.6 Å². The molecule has 25 heavy (non-hydrogen) atoms. The van der Waals surface area contributed by atoms with Gasteiger partial charge >= 0.3 is 5.97 Å². The van der Waals surface area contributed by atoms with Gasteiger partial charge in [-0.2, -0.15) is 11.8 Å². The van der Waals surface area contributed by atoms with E-state index < -0.39 is 5.97 Å². The van der Waals surface area contributed by atoms with Gasteiger partial charge in [-0.05, 0) is 43.2 Å². The maximum atomic E-state index is 11.7. The summed E-state index contributed by atoms with van der Waals surface area (Å²) >= 11 is 2.02. The van der Waals surface area contributed by atoms with Crippen molar-refractivity contribution in [3.63, 3.8) is 0 Å². The van der Waals surface area contributed by atoms with E-state index >= 15 is 0 Å². The van der Waals surface area contributed by atoms with E-state index in [0.29, 0.717) is 17.9 Å². The Morgan fingerprint density at radius 2 is 2.16 bits per heavy atom. The zero-order valence-corrected chi connectivity index (χ0v) is 16.2. The second kappa shape index (κ2) is 8.99. The Bertz CT molecular complexity index is 628. The molecule has 1 fully saturated rings. The van der Waals surface area contributed by atoms with Crippen molar-refractivity contribution < 1.29 is 14.3 Å². The Labute approximate surface area is 153 Å². The van der Waals surface area contributed by atoms with Gasteiger partial charge in [0.25, 0.3) is 0 Å². The van der Waals surface area contributed by atoms with Crippen molar-refractivity contribution in [2.45, 2.75) is 31.1 Å². The highest BCUT2D eigenvalue weighted by Gasteiger charge is 2.29. The number of benzene rings is 1. The third-order valence-corrected chi connectivity index (χ3v) is 5.82. The Morgan fingerprint density at radius 3 is 2.76 bits per heavy atom. The van der Waals surface area contributed by atoms with E-state index in [9.17, 15) is 4.79 Å². The molecule has 1 heterocycles. The van der Waals surface area contributed by atoms with Gasteiger partial charge in [0.2, 0.25) is 0 Å². The van der Waals surface area contributed by atoms with Gasteiger partial charge in [-0.15, -0.1) is 0 Å². The molecule has 7 heteroatoms. The van der Waals surface area contributed by atoms with Crippen LogP contribution >= 0.6 is 11.8 Å². The molecule has 0 spiro atoms. The normalized spacial score (nSPS) is 20.2. The quantitative estimate of drug-likeness (QED) is 0.458. The number of nitrogens with zero attached hydrogens (tertiary/aromatic N) is 1. The Hall–Kier alpha value is -1.89. The lowest BCUT2D eigenvalue weighted by Crippen LogP contribution is -2.43. The summed E-state index contributed by atoms with van der Waals surface area (Å²) < 4.78 is 10.3. The van der Waals surface area contributed by atoms with Crippen LogP contribution in [-0.2, 0) is 11.3 Å². The topological polar surface area (TPSA) is 72.0 Å². The van der Waals surface area contributed by atoms with Crippen LogP contribution in [0.2, 0.25) is 0 Å². The summed E-state index contributed by atoms with van der Waals surface area (Å²) in [7, 11) is 4.66. The van der Waals surface area contributed by atoms with Crippen molar-refractivity contribution in [2.75, 3.05) is 33.6 Å². The lowest BCUT2D eigenvalue weighted by atomic mass is 10.1. The number of ether oxygens (including phenoxy) is 2. The highest BCUT2D eigenvalue weighted by molar-refractivity contribution is 8.00. The third kappa shape index (κ3) is 5.29. The van der Waals surface area contributed by atoms with Crippen LogP contribution in [0.15, 0.2) is 23.2 Å². The van der Waals surface area contributed by atoms with E-state index in [0.717, 1.165) is 18.1 Å². The zero-order chi connectivity index (χ0) is 18.3. The minimum absolute atomic E-state index is 0.281. The molecule has 0 aliphatic carbocycles. The van der Waals surface area contributed by atoms with Gasteiger partial charge in [0, 0.05) is 24.9 Å². The third-order valence-electron chi connectivity index (χ3n) is 4.29.